The predicted molar refractivity (Wildman–Crippen MR) is 124 cm³/mol. The largest absolute Gasteiger partial charge is 0.480 e. The number of fused-ring (bicyclic) bond motifs is 3. The molecule has 0 aromatic heterocycles. The number of alkyl carbamates (subject to hydrolysis) is 1. The number of likely N-dealkylation sites (tertiary alicyclic amines) is 1. The summed E-state index contributed by atoms with van der Waals surface area (Å²) < 4.78 is 33.4. The van der Waals surface area contributed by atoms with Gasteiger partial charge in [0.15, 0.2) is 0 Å². The summed E-state index contributed by atoms with van der Waals surface area (Å²) in [5.41, 5.74) is 4.19. The molecule has 2 aliphatic rings. The lowest BCUT2D eigenvalue weighted by Crippen LogP contribution is -2.54. The van der Waals surface area contributed by atoms with Crippen molar-refractivity contribution in [2.24, 2.45) is 5.92 Å². The maximum Gasteiger partial charge on any atom is 0.407 e. The highest BCUT2D eigenvalue weighted by atomic mass is 19.3. The number of nitrogens with one attached hydrogen (secondary N) is 1. The number of benzene rings is 2. The zero-order valence-electron chi connectivity index (χ0n) is 19.5. The van der Waals surface area contributed by atoms with Crippen LogP contribution in [-0.4, -0.2) is 59.1 Å². The number of carboxylic acids is 1. The van der Waals surface area contributed by atoms with Gasteiger partial charge in [0.1, 0.15) is 18.7 Å². The summed E-state index contributed by atoms with van der Waals surface area (Å²) in [6.45, 7) is 2.51. The summed E-state index contributed by atoms with van der Waals surface area (Å²) in [6.07, 6.45) is -1.35. The number of aliphatic carboxylic acids is 1. The van der Waals surface area contributed by atoms with Gasteiger partial charge >= 0.3 is 12.1 Å². The first-order valence-corrected chi connectivity index (χ1v) is 11.7. The number of nitrogens with zero attached hydrogens (tertiary/aromatic N) is 1. The molecule has 9 heteroatoms. The van der Waals surface area contributed by atoms with Gasteiger partial charge in [-0.1, -0.05) is 68.8 Å². The summed E-state index contributed by atoms with van der Waals surface area (Å²) in [5.74, 6) is -6.26. The van der Waals surface area contributed by atoms with Crippen LogP contribution in [-0.2, 0) is 14.3 Å². The molecule has 2 amide bonds. The quantitative estimate of drug-likeness (QED) is 0.610. The SMILES string of the molecule is CCC(C)C(NC(=O)OCC1c2ccccc2-c2ccccc21)C(=O)N1CC(F)(F)C[C@@H]1C(=O)O. The van der Waals surface area contributed by atoms with Gasteiger partial charge in [-0.15, -0.1) is 0 Å². The second kappa shape index (κ2) is 9.64. The first kappa shape index (κ1) is 24.6. The molecule has 2 aromatic rings. The summed E-state index contributed by atoms with van der Waals surface area (Å²) in [7, 11) is 0. The summed E-state index contributed by atoms with van der Waals surface area (Å²) in [6, 6.07) is 12.9. The van der Waals surface area contributed by atoms with Crippen molar-refractivity contribution in [3.8, 4) is 11.1 Å². The Morgan fingerprint density at radius 3 is 2.23 bits per heavy atom. The standard InChI is InChI=1S/C26H28F2N2O5/c1-3-15(2)22(23(31)30-14-26(27,28)12-21(30)24(32)33)29-25(34)35-13-20-18-10-6-4-8-16(18)17-9-5-7-11-19(17)20/h4-11,15,20-22H,3,12-14H2,1-2H3,(H,29,34)(H,32,33)/t15?,21-,22?/m1/s1. The van der Waals surface area contributed by atoms with E-state index in [0.29, 0.717) is 11.3 Å². The van der Waals surface area contributed by atoms with E-state index < -0.39 is 54.9 Å². The molecule has 186 valence electrons. The number of amides is 2. The highest BCUT2D eigenvalue weighted by Gasteiger charge is 2.51. The molecule has 2 N–H and O–H groups in total. The van der Waals surface area contributed by atoms with Crippen LogP contribution in [0.15, 0.2) is 48.5 Å². The summed E-state index contributed by atoms with van der Waals surface area (Å²) in [5, 5.41) is 11.9. The zero-order chi connectivity index (χ0) is 25.3. The third-order valence-corrected chi connectivity index (χ3v) is 6.93. The lowest BCUT2D eigenvalue weighted by Gasteiger charge is -2.30. The van der Waals surface area contributed by atoms with Gasteiger partial charge in [-0.25, -0.2) is 18.4 Å². The molecule has 4 rings (SSSR count). The average Bonchev–Trinajstić information content (AvgIpc) is 3.34. The van der Waals surface area contributed by atoms with Crippen LogP contribution in [0.5, 0.6) is 0 Å². The van der Waals surface area contributed by atoms with Crippen LogP contribution < -0.4 is 5.32 Å². The molecule has 1 heterocycles. The van der Waals surface area contributed by atoms with Crippen molar-refractivity contribution in [3.05, 3.63) is 59.7 Å². The van der Waals surface area contributed by atoms with E-state index in [1.807, 2.05) is 48.5 Å². The number of ether oxygens (including phenoxy) is 1. The van der Waals surface area contributed by atoms with Crippen molar-refractivity contribution in [1.29, 1.82) is 0 Å². The predicted octanol–water partition coefficient (Wildman–Crippen LogP) is 4.26. The normalized spacial score (nSPS) is 20.0. The summed E-state index contributed by atoms with van der Waals surface area (Å²) >= 11 is 0. The van der Waals surface area contributed by atoms with Crippen LogP contribution in [0, 0.1) is 5.92 Å². The van der Waals surface area contributed by atoms with Crippen LogP contribution in [0.25, 0.3) is 11.1 Å². The zero-order valence-corrected chi connectivity index (χ0v) is 19.5. The van der Waals surface area contributed by atoms with Gasteiger partial charge < -0.3 is 20.1 Å². The smallest absolute Gasteiger partial charge is 0.407 e. The van der Waals surface area contributed by atoms with Crippen LogP contribution in [0.3, 0.4) is 0 Å². The lowest BCUT2D eigenvalue weighted by molar-refractivity contribution is -0.149. The van der Waals surface area contributed by atoms with Gasteiger partial charge in [-0.05, 0) is 28.2 Å². The molecular formula is C26H28F2N2O5. The number of carbonyl (C=O) groups excluding carboxylic acids is 2. The molecule has 1 aliphatic heterocycles. The summed E-state index contributed by atoms with van der Waals surface area (Å²) in [4.78, 5) is 38.0. The Morgan fingerprint density at radius 2 is 1.69 bits per heavy atom. The molecule has 1 fully saturated rings. The Kier molecular flexibility index (Phi) is 6.78. The number of hydrogen-bond acceptors (Lipinski definition) is 4. The Balaban J connectivity index is 1.47. The molecule has 1 saturated heterocycles. The van der Waals surface area contributed by atoms with Gasteiger partial charge in [0.2, 0.25) is 5.91 Å². The van der Waals surface area contributed by atoms with Gasteiger partial charge in [0.25, 0.3) is 5.92 Å². The average molecular weight is 487 g/mol. The number of carbonyl (C=O) groups is 3. The van der Waals surface area contributed by atoms with E-state index in [2.05, 4.69) is 5.32 Å². The fraction of sp³-hybridized carbons (Fsp3) is 0.423. The molecule has 0 spiro atoms. The second-order valence-electron chi connectivity index (χ2n) is 9.21. The van der Waals surface area contributed by atoms with E-state index in [9.17, 15) is 28.3 Å². The van der Waals surface area contributed by atoms with E-state index in [-0.39, 0.29) is 12.5 Å². The van der Waals surface area contributed by atoms with Crippen molar-refractivity contribution in [2.45, 2.75) is 50.6 Å². The molecule has 0 bridgehead atoms. The van der Waals surface area contributed by atoms with Crippen LogP contribution >= 0.6 is 0 Å². The highest BCUT2D eigenvalue weighted by molar-refractivity contribution is 5.90. The molecule has 7 nitrogen and oxygen atoms in total. The Morgan fingerprint density at radius 1 is 1.11 bits per heavy atom. The van der Waals surface area contributed by atoms with Crippen molar-refractivity contribution in [1.82, 2.24) is 10.2 Å². The minimum atomic E-state index is -3.30. The number of carboxylic acid groups (broad SMARTS) is 1. The fourth-order valence-corrected chi connectivity index (χ4v) is 4.90. The first-order valence-electron chi connectivity index (χ1n) is 11.7. The molecular weight excluding hydrogens is 458 g/mol. The Labute approximate surface area is 202 Å². The van der Waals surface area contributed by atoms with E-state index in [1.54, 1.807) is 13.8 Å². The van der Waals surface area contributed by atoms with E-state index >= 15 is 0 Å². The Bertz CT molecular complexity index is 1090. The number of alkyl halides is 2. The van der Waals surface area contributed by atoms with Crippen molar-refractivity contribution in [2.75, 3.05) is 13.2 Å². The second-order valence-corrected chi connectivity index (χ2v) is 9.21. The minimum Gasteiger partial charge on any atom is -0.480 e. The van der Waals surface area contributed by atoms with Crippen LogP contribution in [0.2, 0.25) is 0 Å². The third kappa shape index (κ3) is 4.85. The third-order valence-electron chi connectivity index (χ3n) is 6.93. The highest BCUT2D eigenvalue weighted by Crippen LogP contribution is 2.44. The minimum absolute atomic E-state index is 0.0286. The molecule has 35 heavy (non-hydrogen) atoms. The van der Waals surface area contributed by atoms with Gasteiger partial charge in [-0.2, -0.15) is 0 Å². The molecule has 2 aromatic carbocycles. The molecule has 0 saturated carbocycles. The first-order chi connectivity index (χ1) is 16.6. The molecule has 2 unspecified atom stereocenters. The van der Waals surface area contributed by atoms with E-state index in [4.69, 9.17) is 4.74 Å². The molecule has 0 radical (unpaired) electrons. The number of halogens is 2. The van der Waals surface area contributed by atoms with Gasteiger partial charge in [-0.3, -0.25) is 4.79 Å². The maximum atomic E-state index is 13.9. The van der Waals surface area contributed by atoms with Crippen LogP contribution in [0.4, 0.5) is 13.6 Å². The fourth-order valence-electron chi connectivity index (χ4n) is 4.90. The van der Waals surface area contributed by atoms with Gasteiger partial charge in [0.05, 0.1) is 6.54 Å². The Hall–Kier alpha value is -3.49. The van der Waals surface area contributed by atoms with Crippen LogP contribution in [0.1, 0.15) is 43.7 Å². The monoisotopic (exact) mass is 486 g/mol. The molecule has 3 atom stereocenters. The lowest BCUT2D eigenvalue weighted by atomic mass is 9.97. The van der Waals surface area contributed by atoms with E-state index in [1.165, 1.54) is 0 Å². The number of rotatable bonds is 7. The van der Waals surface area contributed by atoms with E-state index in [0.717, 1.165) is 22.3 Å². The molecule has 1 aliphatic carbocycles. The van der Waals surface area contributed by atoms with Crippen molar-refractivity contribution in [3.63, 3.8) is 0 Å². The topological polar surface area (TPSA) is 95.9 Å². The van der Waals surface area contributed by atoms with Crippen molar-refractivity contribution >= 4 is 18.0 Å². The van der Waals surface area contributed by atoms with Crippen molar-refractivity contribution < 1.29 is 33.0 Å². The van der Waals surface area contributed by atoms with Gasteiger partial charge in [0, 0.05) is 12.3 Å². The number of hydrogen-bond donors (Lipinski definition) is 2. The maximum absolute atomic E-state index is 13.9.